The Kier molecular flexibility index (Phi) is 2.97. The van der Waals surface area contributed by atoms with Crippen LogP contribution in [0.25, 0.3) is 0 Å². The quantitative estimate of drug-likeness (QED) is 0.419. The first kappa shape index (κ1) is 9.66. The standard InChI is InChI=1S/C9H8NO2P/c1-2-13(12,10-8-11)9-6-4-3-5-7-9/h2-7H,1H2. The van der Waals surface area contributed by atoms with Crippen LogP contribution in [0.3, 0.4) is 0 Å². The van der Waals surface area contributed by atoms with Crippen LogP contribution in [0.5, 0.6) is 0 Å². The number of isocyanates is 1. The molecule has 1 atom stereocenters. The third-order valence-electron chi connectivity index (χ3n) is 1.56. The molecule has 4 heteroatoms. The van der Waals surface area contributed by atoms with Crippen LogP contribution in [-0.2, 0) is 9.36 Å². The lowest BCUT2D eigenvalue weighted by atomic mass is 10.4. The molecule has 0 aromatic heterocycles. The second kappa shape index (κ2) is 3.99. The summed E-state index contributed by atoms with van der Waals surface area (Å²) < 4.78 is 15.1. The van der Waals surface area contributed by atoms with Gasteiger partial charge in [-0.25, -0.2) is 4.79 Å². The molecule has 1 aromatic carbocycles. The number of hydrogen-bond donors (Lipinski definition) is 0. The van der Waals surface area contributed by atoms with Crippen molar-refractivity contribution < 1.29 is 9.36 Å². The number of nitrogens with zero attached hydrogens (tertiary/aromatic N) is 1. The summed E-state index contributed by atoms with van der Waals surface area (Å²) in [6.45, 7) is 3.39. The van der Waals surface area contributed by atoms with Gasteiger partial charge in [0.25, 0.3) is 7.29 Å². The highest BCUT2D eigenvalue weighted by molar-refractivity contribution is 7.73. The van der Waals surface area contributed by atoms with Gasteiger partial charge in [0.2, 0.25) is 6.08 Å². The van der Waals surface area contributed by atoms with Gasteiger partial charge in [0.1, 0.15) is 0 Å². The smallest absolute Gasteiger partial charge is 0.250 e. The maximum atomic E-state index is 11.8. The van der Waals surface area contributed by atoms with Gasteiger partial charge >= 0.3 is 0 Å². The van der Waals surface area contributed by atoms with Crippen LogP contribution in [-0.4, -0.2) is 6.08 Å². The Morgan fingerprint density at radius 1 is 1.38 bits per heavy atom. The lowest BCUT2D eigenvalue weighted by molar-refractivity contribution is 0.564. The van der Waals surface area contributed by atoms with Crippen LogP contribution in [0.2, 0.25) is 0 Å². The van der Waals surface area contributed by atoms with E-state index in [4.69, 9.17) is 0 Å². The van der Waals surface area contributed by atoms with E-state index in [1.54, 1.807) is 30.3 Å². The van der Waals surface area contributed by atoms with E-state index in [1.165, 1.54) is 11.9 Å². The van der Waals surface area contributed by atoms with Crippen molar-refractivity contribution >= 4 is 18.7 Å². The van der Waals surface area contributed by atoms with Crippen molar-refractivity contribution in [3.8, 4) is 0 Å². The average molecular weight is 193 g/mol. The molecule has 0 radical (unpaired) electrons. The minimum Gasteiger partial charge on any atom is -0.288 e. The van der Waals surface area contributed by atoms with Crippen LogP contribution in [0, 0.1) is 0 Å². The molecule has 0 aliphatic rings. The molecule has 0 aliphatic carbocycles. The minimum atomic E-state index is -3.09. The molecule has 0 amide bonds. The molecule has 1 aromatic rings. The predicted molar refractivity (Wildman–Crippen MR) is 52.0 cm³/mol. The van der Waals surface area contributed by atoms with Gasteiger partial charge in [0, 0.05) is 5.30 Å². The lowest BCUT2D eigenvalue weighted by Gasteiger charge is -2.04. The Morgan fingerprint density at radius 3 is 2.46 bits per heavy atom. The molecule has 0 heterocycles. The minimum absolute atomic E-state index is 0.494. The number of carbonyl (C=O) groups excluding carboxylic acids is 1. The van der Waals surface area contributed by atoms with E-state index >= 15 is 0 Å². The maximum absolute atomic E-state index is 11.8. The van der Waals surface area contributed by atoms with Gasteiger partial charge in [-0.05, 0) is 17.9 Å². The van der Waals surface area contributed by atoms with Crippen molar-refractivity contribution in [2.75, 3.05) is 0 Å². The molecule has 13 heavy (non-hydrogen) atoms. The second-order valence-electron chi connectivity index (χ2n) is 2.33. The molecule has 0 fully saturated rings. The summed E-state index contributed by atoms with van der Waals surface area (Å²) in [4.78, 5) is 10.0. The van der Waals surface area contributed by atoms with Gasteiger partial charge in [-0.1, -0.05) is 24.8 Å². The highest BCUT2D eigenvalue weighted by atomic mass is 31.2. The van der Waals surface area contributed by atoms with Gasteiger partial charge in [-0.15, -0.1) is 4.76 Å². The molecule has 0 N–H and O–H groups in total. The number of rotatable bonds is 3. The van der Waals surface area contributed by atoms with E-state index in [2.05, 4.69) is 11.3 Å². The van der Waals surface area contributed by atoms with E-state index < -0.39 is 7.29 Å². The van der Waals surface area contributed by atoms with Crippen LogP contribution in [0.15, 0.2) is 47.5 Å². The van der Waals surface area contributed by atoms with Crippen LogP contribution < -0.4 is 5.30 Å². The Hall–Kier alpha value is -1.43. The van der Waals surface area contributed by atoms with E-state index in [-0.39, 0.29) is 0 Å². The van der Waals surface area contributed by atoms with Crippen LogP contribution >= 0.6 is 7.29 Å². The molecule has 0 saturated heterocycles. The van der Waals surface area contributed by atoms with Gasteiger partial charge in [-0.3, -0.25) is 4.57 Å². The zero-order chi connectivity index (χ0) is 9.73. The lowest BCUT2D eigenvalue weighted by Crippen LogP contribution is -1.99. The monoisotopic (exact) mass is 193 g/mol. The Morgan fingerprint density at radius 2 is 2.00 bits per heavy atom. The fraction of sp³-hybridized carbons (Fsp3) is 0. The summed E-state index contributed by atoms with van der Waals surface area (Å²) >= 11 is 0. The Bertz CT molecular complexity index is 393. The largest absolute Gasteiger partial charge is 0.288 e. The fourth-order valence-electron chi connectivity index (χ4n) is 0.906. The van der Waals surface area contributed by atoms with Crippen molar-refractivity contribution in [2.24, 2.45) is 4.76 Å². The van der Waals surface area contributed by atoms with E-state index in [0.29, 0.717) is 5.30 Å². The van der Waals surface area contributed by atoms with Crippen molar-refractivity contribution in [1.29, 1.82) is 0 Å². The van der Waals surface area contributed by atoms with Crippen molar-refractivity contribution in [1.82, 2.24) is 0 Å². The Labute approximate surface area is 76.2 Å². The molecule has 0 aliphatic heterocycles. The third kappa shape index (κ3) is 2.03. The van der Waals surface area contributed by atoms with E-state index in [0.717, 1.165) is 0 Å². The molecule has 66 valence electrons. The SMILES string of the molecule is C=CP(=O)(N=C=O)c1ccccc1. The first-order valence-corrected chi connectivity index (χ1v) is 5.34. The number of hydrogen-bond acceptors (Lipinski definition) is 2. The molecule has 0 spiro atoms. The van der Waals surface area contributed by atoms with Crippen LogP contribution in [0.4, 0.5) is 0 Å². The summed E-state index contributed by atoms with van der Waals surface area (Å²) in [5.41, 5.74) is 0. The van der Waals surface area contributed by atoms with E-state index in [9.17, 15) is 9.36 Å². The molecule has 1 unspecified atom stereocenters. The maximum Gasteiger partial charge on any atom is 0.250 e. The molecule has 0 bridgehead atoms. The topological polar surface area (TPSA) is 46.5 Å². The van der Waals surface area contributed by atoms with Gasteiger partial charge in [0.05, 0.1) is 0 Å². The first-order chi connectivity index (χ1) is 6.23. The number of benzene rings is 1. The molecular weight excluding hydrogens is 185 g/mol. The molecular formula is C9H8NO2P. The highest BCUT2D eigenvalue weighted by Crippen LogP contribution is 2.46. The molecule has 3 nitrogen and oxygen atoms in total. The normalized spacial score (nSPS) is 13.8. The van der Waals surface area contributed by atoms with Gasteiger partial charge in [0.15, 0.2) is 0 Å². The summed E-state index contributed by atoms with van der Waals surface area (Å²) in [5, 5.41) is 0.494. The zero-order valence-electron chi connectivity index (χ0n) is 6.88. The Balaban J connectivity index is 3.26. The predicted octanol–water partition coefficient (Wildman–Crippen LogP) is 2.07. The second-order valence-corrected chi connectivity index (χ2v) is 4.66. The van der Waals surface area contributed by atoms with Crippen LogP contribution in [0.1, 0.15) is 0 Å². The summed E-state index contributed by atoms with van der Waals surface area (Å²) in [6, 6.07) is 8.53. The first-order valence-electron chi connectivity index (χ1n) is 3.61. The molecule has 1 rings (SSSR count). The summed E-state index contributed by atoms with van der Waals surface area (Å²) in [7, 11) is -3.09. The van der Waals surface area contributed by atoms with Crippen molar-refractivity contribution in [2.45, 2.75) is 0 Å². The zero-order valence-corrected chi connectivity index (χ0v) is 7.78. The molecule has 0 saturated carbocycles. The summed E-state index contributed by atoms with van der Waals surface area (Å²) in [5.74, 6) is 1.19. The van der Waals surface area contributed by atoms with E-state index in [1.807, 2.05) is 0 Å². The third-order valence-corrected chi connectivity index (χ3v) is 3.47. The highest BCUT2D eigenvalue weighted by Gasteiger charge is 2.18. The van der Waals surface area contributed by atoms with Gasteiger partial charge < -0.3 is 0 Å². The van der Waals surface area contributed by atoms with Crippen molar-refractivity contribution in [3.63, 3.8) is 0 Å². The van der Waals surface area contributed by atoms with Crippen molar-refractivity contribution in [3.05, 3.63) is 42.7 Å². The summed E-state index contributed by atoms with van der Waals surface area (Å²) in [6.07, 6.45) is 1.30. The average Bonchev–Trinajstić information content (AvgIpc) is 2.19. The van der Waals surface area contributed by atoms with Gasteiger partial charge in [-0.2, -0.15) is 0 Å². The fourth-order valence-corrected chi connectivity index (χ4v) is 2.03.